The van der Waals surface area contributed by atoms with Crippen LogP contribution in [0.25, 0.3) is 11.3 Å². The van der Waals surface area contributed by atoms with Gasteiger partial charge in [0.2, 0.25) is 10.0 Å². The minimum absolute atomic E-state index is 0.0142. The fraction of sp³-hybridized carbons (Fsp3) is 0.588. The van der Waals surface area contributed by atoms with Crippen LogP contribution in [0.3, 0.4) is 0 Å². The molecule has 4 aliphatic rings. The van der Waals surface area contributed by atoms with Gasteiger partial charge in [0, 0.05) is 25.8 Å². The second-order valence-corrected chi connectivity index (χ2v) is 17.6. The van der Waals surface area contributed by atoms with Crippen molar-refractivity contribution in [2.75, 3.05) is 26.8 Å². The van der Waals surface area contributed by atoms with Crippen LogP contribution in [0.4, 0.5) is 26.3 Å². The van der Waals surface area contributed by atoms with Crippen molar-refractivity contribution in [2.24, 2.45) is 0 Å². The Balaban J connectivity index is 1.27. The van der Waals surface area contributed by atoms with Gasteiger partial charge in [0.15, 0.2) is 23.2 Å². The molecule has 1 aliphatic carbocycles. The second-order valence-electron chi connectivity index (χ2n) is 14.2. The molecular formula is C34H38F6N4O7S2. The molecule has 3 aliphatic heterocycles. The standard InChI is InChI=1S/C34H38F6N4O7S2/c1-32(2)49-17-25-28(51-32)27(44-16-24(41-42-44)18-14-22(35)26(37)23(36)15-18)29(48-3)31(50-25)52-30(20-6-4-5-7-21(20)34(38,39)40)33(45)10-12-43(13-11-33)53(46,47)19-8-9-19/h4-7,14-16,19,25,27-31,45H,8-13,17H2,1-3H3/t25-,27+,28+,29-,30?,31+/m1/s1. The van der Waals surface area contributed by atoms with Gasteiger partial charge in [-0.15, -0.1) is 16.9 Å². The summed E-state index contributed by atoms with van der Waals surface area (Å²) in [5.41, 5.74) is -4.25. The second kappa shape index (κ2) is 14.1. The number of benzene rings is 2. The number of ether oxygens (including phenoxy) is 4. The van der Waals surface area contributed by atoms with Crippen LogP contribution in [0.15, 0.2) is 42.6 Å². The van der Waals surface area contributed by atoms with Crippen LogP contribution in [0, 0.1) is 17.5 Å². The Kier molecular flexibility index (Phi) is 10.2. The first kappa shape index (κ1) is 38.5. The highest BCUT2D eigenvalue weighted by Crippen LogP contribution is 2.53. The number of alkyl halides is 3. The lowest BCUT2D eigenvalue weighted by molar-refractivity contribution is -0.342. The van der Waals surface area contributed by atoms with Gasteiger partial charge in [0.25, 0.3) is 0 Å². The Morgan fingerprint density at radius 1 is 1.08 bits per heavy atom. The maximum atomic E-state index is 14.6. The van der Waals surface area contributed by atoms with Crippen molar-refractivity contribution in [3.8, 4) is 11.3 Å². The van der Waals surface area contributed by atoms with Crippen molar-refractivity contribution >= 4 is 21.8 Å². The third-order valence-corrected chi connectivity index (χ3v) is 14.2. The first-order chi connectivity index (χ1) is 24.9. The van der Waals surface area contributed by atoms with Gasteiger partial charge in [-0.2, -0.15) is 13.2 Å². The highest BCUT2D eigenvalue weighted by Gasteiger charge is 2.56. The molecule has 290 valence electrons. The van der Waals surface area contributed by atoms with E-state index in [4.69, 9.17) is 18.9 Å². The first-order valence-electron chi connectivity index (χ1n) is 17.0. The van der Waals surface area contributed by atoms with Gasteiger partial charge in [0.05, 0.1) is 34.5 Å². The van der Waals surface area contributed by atoms with E-state index in [1.54, 1.807) is 13.8 Å². The average Bonchev–Trinajstić information content (AvgIpc) is 3.86. The molecule has 0 bridgehead atoms. The van der Waals surface area contributed by atoms with Crippen molar-refractivity contribution in [1.29, 1.82) is 0 Å². The van der Waals surface area contributed by atoms with Gasteiger partial charge in [0.1, 0.15) is 35.5 Å². The lowest BCUT2D eigenvalue weighted by atomic mass is 9.84. The maximum absolute atomic E-state index is 14.6. The summed E-state index contributed by atoms with van der Waals surface area (Å²) >= 11 is 0.899. The van der Waals surface area contributed by atoms with Crippen LogP contribution >= 0.6 is 11.8 Å². The number of thioether (sulfide) groups is 1. The van der Waals surface area contributed by atoms with Crippen LogP contribution in [-0.4, -0.2) is 100 Å². The summed E-state index contributed by atoms with van der Waals surface area (Å²) in [7, 11) is -2.24. The summed E-state index contributed by atoms with van der Waals surface area (Å²) in [6.45, 7) is 3.16. The van der Waals surface area contributed by atoms with Crippen molar-refractivity contribution in [1.82, 2.24) is 19.3 Å². The zero-order chi connectivity index (χ0) is 38.1. The zero-order valence-electron chi connectivity index (χ0n) is 28.8. The molecule has 19 heteroatoms. The Hall–Kier alpha value is -2.78. The van der Waals surface area contributed by atoms with Crippen LogP contribution in [0.2, 0.25) is 0 Å². The largest absolute Gasteiger partial charge is 0.416 e. The molecule has 1 N–H and O–H groups in total. The van der Waals surface area contributed by atoms with Gasteiger partial charge >= 0.3 is 6.18 Å². The number of sulfonamides is 1. The maximum Gasteiger partial charge on any atom is 0.416 e. The smallest absolute Gasteiger partial charge is 0.388 e. The summed E-state index contributed by atoms with van der Waals surface area (Å²) in [4.78, 5) is 0. The molecule has 4 fully saturated rings. The molecule has 0 radical (unpaired) electrons. The van der Waals surface area contributed by atoms with Crippen molar-refractivity contribution < 1.29 is 58.8 Å². The number of hydrogen-bond acceptors (Lipinski definition) is 10. The predicted molar refractivity (Wildman–Crippen MR) is 178 cm³/mol. The fourth-order valence-electron chi connectivity index (χ4n) is 7.31. The first-order valence-corrected chi connectivity index (χ1v) is 19.5. The lowest BCUT2D eigenvalue weighted by Gasteiger charge is -2.52. The number of methoxy groups -OCH3 is 1. The van der Waals surface area contributed by atoms with Crippen molar-refractivity contribution in [3.05, 3.63) is 71.2 Å². The molecule has 1 unspecified atom stereocenters. The molecule has 0 spiro atoms. The number of rotatable bonds is 9. The van der Waals surface area contributed by atoms with E-state index in [0.717, 1.165) is 30.0 Å². The zero-order valence-corrected chi connectivity index (χ0v) is 30.4. The van der Waals surface area contributed by atoms with Crippen LogP contribution in [0.5, 0.6) is 0 Å². The van der Waals surface area contributed by atoms with E-state index in [-0.39, 0.29) is 49.4 Å². The Morgan fingerprint density at radius 3 is 2.36 bits per heavy atom. The molecule has 3 aromatic rings. The third kappa shape index (κ3) is 7.47. The minimum Gasteiger partial charge on any atom is -0.388 e. The SMILES string of the molecule is CO[C@@H]1[C@@H](n2cc(-c3cc(F)c(F)c(F)c3)nn2)[C@H]2OC(C)(C)OC[C@H]2O[C@H]1SC(c1ccccc1C(F)(F)F)C1(O)CCN(S(=O)(=O)C2CC2)CC1. The van der Waals surface area contributed by atoms with E-state index in [1.165, 1.54) is 40.5 Å². The molecule has 11 nitrogen and oxygen atoms in total. The molecule has 7 rings (SSSR count). The van der Waals surface area contributed by atoms with Crippen LogP contribution < -0.4 is 0 Å². The number of hydrogen-bond donors (Lipinski definition) is 1. The third-order valence-electron chi connectivity index (χ3n) is 10.2. The Bertz CT molecular complexity index is 1910. The molecule has 53 heavy (non-hydrogen) atoms. The number of piperidine rings is 1. The lowest BCUT2D eigenvalue weighted by Crippen LogP contribution is -2.62. The highest BCUT2D eigenvalue weighted by atomic mass is 32.2. The molecular weight excluding hydrogens is 755 g/mol. The van der Waals surface area contributed by atoms with Crippen molar-refractivity contribution in [3.63, 3.8) is 0 Å². The Labute approximate surface area is 306 Å². The summed E-state index contributed by atoms with van der Waals surface area (Å²) < 4.78 is 139. The predicted octanol–water partition coefficient (Wildman–Crippen LogP) is 5.61. The van der Waals surface area contributed by atoms with Crippen molar-refractivity contribution in [2.45, 2.75) is 97.4 Å². The van der Waals surface area contributed by atoms with Gasteiger partial charge < -0.3 is 24.1 Å². The van der Waals surface area contributed by atoms with Gasteiger partial charge in [-0.3, -0.25) is 0 Å². The monoisotopic (exact) mass is 792 g/mol. The average molecular weight is 793 g/mol. The summed E-state index contributed by atoms with van der Waals surface area (Å²) in [5.74, 6) is -5.63. The number of aromatic nitrogens is 3. The van der Waals surface area contributed by atoms with E-state index >= 15 is 0 Å². The van der Waals surface area contributed by atoms with Crippen LogP contribution in [0.1, 0.15) is 61.9 Å². The van der Waals surface area contributed by atoms with E-state index < -0.39 is 90.9 Å². The topological polar surface area (TPSA) is 125 Å². The normalized spacial score (nSPS) is 28.4. The van der Waals surface area contributed by atoms with E-state index in [1.807, 2.05) is 0 Å². The van der Waals surface area contributed by atoms with Gasteiger partial charge in [-0.1, -0.05) is 23.4 Å². The van der Waals surface area contributed by atoms with Crippen LogP contribution in [-0.2, 0) is 35.1 Å². The summed E-state index contributed by atoms with van der Waals surface area (Å²) in [6, 6.07) is 5.51. The number of halogens is 6. The molecule has 4 heterocycles. The fourth-order valence-corrected chi connectivity index (χ4v) is 10.9. The minimum atomic E-state index is -4.80. The van der Waals surface area contributed by atoms with Gasteiger partial charge in [-0.05, 0) is 63.3 Å². The number of nitrogens with zero attached hydrogens (tertiary/aromatic N) is 4. The summed E-state index contributed by atoms with van der Waals surface area (Å²) in [6.07, 6.45) is -5.41. The highest BCUT2D eigenvalue weighted by molar-refractivity contribution is 8.00. The van der Waals surface area contributed by atoms with Gasteiger partial charge in [-0.25, -0.2) is 30.6 Å². The molecule has 3 saturated heterocycles. The molecule has 0 amide bonds. The molecule has 1 aromatic heterocycles. The summed E-state index contributed by atoms with van der Waals surface area (Å²) in [5, 5.41) is 18.8. The quantitative estimate of drug-likeness (QED) is 0.216. The Morgan fingerprint density at radius 2 is 1.74 bits per heavy atom. The molecule has 1 saturated carbocycles. The number of aliphatic hydroxyl groups is 1. The van der Waals surface area contributed by atoms with E-state index in [2.05, 4.69) is 10.3 Å². The molecule has 6 atom stereocenters. The number of fused-ring (bicyclic) bond motifs is 1. The van der Waals surface area contributed by atoms with E-state index in [0.29, 0.717) is 12.8 Å². The van der Waals surface area contributed by atoms with E-state index in [9.17, 15) is 39.9 Å². The molecule has 2 aromatic carbocycles.